The molecular weight excluding hydrogens is 313 g/mol. The summed E-state index contributed by atoms with van der Waals surface area (Å²) in [6, 6.07) is 8.92. The fourth-order valence-corrected chi connectivity index (χ4v) is 3.51. The minimum absolute atomic E-state index is 0.149. The van der Waals surface area contributed by atoms with Gasteiger partial charge < -0.3 is 9.64 Å². The zero-order valence-corrected chi connectivity index (χ0v) is 16.4. The molecule has 1 aliphatic carbocycles. The van der Waals surface area contributed by atoms with Crippen molar-refractivity contribution in [1.29, 1.82) is 0 Å². The molecule has 0 unspecified atom stereocenters. The molecule has 1 aromatic carbocycles. The molecule has 0 aliphatic heterocycles. The minimum Gasteiger partial charge on any atom is -0.450 e. The lowest BCUT2D eigenvalue weighted by atomic mass is 9.85. The summed E-state index contributed by atoms with van der Waals surface area (Å²) in [5.41, 5.74) is 1.94. The number of ether oxygens (including phenoxy) is 1. The third-order valence-electron chi connectivity index (χ3n) is 4.66. The van der Waals surface area contributed by atoms with E-state index in [1.54, 1.807) is 0 Å². The molecule has 0 heterocycles. The lowest BCUT2D eigenvalue weighted by Gasteiger charge is -2.32. The predicted molar refractivity (Wildman–Crippen MR) is 104 cm³/mol. The summed E-state index contributed by atoms with van der Waals surface area (Å²) in [5.74, 6) is 0.649. The standard InChI is InChI=1S/C19H30BNO2Si/c1-24(2,3)13-12-23-19(22)21(15-17-7-4-8-17)11-10-16-6-5-9-18(20)14-16/h5-6,9,14,17H,4,7-8,10-13,15H2,1-3H3. The van der Waals surface area contributed by atoms with Gasteiger partial charge in [-0.1, -0.05) is 55.8 Å². The van der Waals surface area contributed by atoms with E-state index in [0.29, 0.717) is 19.1 Å². The minimum atomic E-state index is -1.17. The Morgan fingerprint density at radius 3 is 2.67 bits per heavy atom. The molecule has 130 valence electrons. The number of nitrogens with zero attached hydrogens (tertiary/aromatic N) is 1. The van der Waals surface area contributed by atoms with Gasteiger partial charge in [-0.3, -0.25) is 0 Å². The molecule has 0 N–H and O–H groups in total. The van der Waals surface area contributed by atoms with Gasteiger partial charge in [0.2, 0.25) is 0 Å². The maximum absolute atomic E-state index is 12.5. The predicted octanol–water partition coefficient (Wildman–Crippen LogP) is 3.60. The quantitative estimate of drug-likeness (QED) is 0.675. The number of benzene rings is 1. The van der Waals surface area contributed by atoms with Crippen LogP contribution in [0.2, 0.25) is 25.7 Å². The summed E-state index contributed by atoms with van der Waals surface area (Å²) in [6.45, 7) is 8.97. The molecule has 1 saturated carbocycles. The Kier molecular flexibility index (Phi) is 6.96. The highest BCUT2D eigenvalue weighted by Gasteiger charge is 2.25. The van der Waals surface area contributed by atoms with Crippen LogP contribution in [0.25, 0.3) is 0 Å². The number of amides is 1. The molecule has 5 heteroatoms. The van der Waals surface area contributed by atoms with Crippen LogP contribution in [0, 0.1) is 5.92 Å². The summed E-state index contributed by atoms with van der Waals surface area (Å²) < 4.78 is 5.56. The van der Waals surface area contributed by atoms with Crippen LogP contribution in [-0.2, 0) is 11.2 Å². The number of carbonyl (C=O) groups is 1. The molecule has 0 atom stereocenters. The molecule has 0 aromatic heterocycles. The van der Waals surface area contributed by atoms with Crippen LogP contribution in [-0.4, -0.2) is 46.6 Å². The molecule has 1 fully saturated rings. The molecule has 3 nitrogen and oxygen atoms in total. The average Bonchev–Trinajstić information content (AvgIpc) is 2.44. The molecular formula is C19H30BNO2Si. The van der Waals surface area contributed by atoms with Gasteiger partial charge in [-0.05, 0) is 36.8 Å². The summed E-state index contributed by atoms with van der Waals surface area (Å²) in [5, 5.41) is 0. The fourth-order valence-electron chi connectivity index (χ4n) is 2.79. The number of carbonyl (C=O) groups excluding carboxylic acids is 1. The van der Waals surface area contributed by atoms with E-state index >= 15 is 0 Å². The first-order valence-corrected chi connectivity index (χ1v) is 12.8. The van der Waals surface area contributed by atoms with Crippen LogP contribution in [0.5, 0.6) is 0 Å². The summed E-state index contributed by atoms with van der Waals surface area (Å²) >= 11 is 0. The van der Waals surface area contributed by atoms with Gasteiger partial charge in [0.15, 0.2) is 0 Å². The van der Waals surface area contributed by atoms with E-state index in [-0.39, 0.29) is 6.09 Å². The fraction of sp³-hybridized carbons (Fsp3) is 0.632. The molecule has 0 saturated heterocycles. The Hall–Kier alpha value is -1.23. The van der Waals surface area contributed by atoms with Crippen molar-refractivity contribution in [3.63, 3.8) is 0 Å². The zero-order valence-electron chi connectivity index (χ0n) is 15.4. The zero-order chi connectivity index (χ0) is 17.6. The third kappa shape index (κ3) is 6.72. The monoisotopic (exact) mass is 343 g/mol. The highest BCUT2D eigenvalue weighted by atomic mass is 28.3. The normalized spacial score (nSPS) is 15.0. The van der Waals surface area contributed by atoms with Crippen LogP contribution in [0.15, 0.2) is 24.3 Å². The van der Waals surface area contributed by atoms with Gasteiger partial charge in [-0.15, -0.1) is 0 Å². The molecule has 0 spiro atoms. The summed E-state index contributed by atoms with van der Waals surface area (Å²) in [6.07, 6.45) is 4.43. The van der Waals surface area contributed by atoms with Gasteiger partial charge in [-0.2, -0.15) is 0 Å². The number of hydrogen-bond acceptors (Lipinski definition) is 2. The number of rotatable bonds is 8. The van der Waals surface area contributed by atoms with Crippen molar-refractivity contribution in [2.45, 2.75) is 51.4 Å². The third-order valence-corrected chi connectivity index (χ3v) is 6.36. The van der Waals surface area contributed by atoms with Gasteiger partial charge >= 0.3 is 6.09 Å². The molecule has 1 aromatic rings. The summed E-state index contributed by atoms with van der Waals surface area (Å²) in [7, 11) is 4.67. The van der Waals surface area contributed by atoms with Crippen LogP contribution in [0.3, 0.4) is 0 Å². The Bertz CT molecular complexity index is 540. The first-order chi connectivity index (χ1) is 11.3. The molecule has 1 aliphatic rings. The maximum atomic E-state index is 12.5. The van der Waals surface area contributed by atoms with E-state index in [4.69, 9.17) is 12.6 Å². The second-order valence-electron chi connectivity index (χ2n) is 8.16. The smallest absolute Gasteiger partial charge is 0.409 e. The van der Waals surface area contributed by atoms with Gasteiger partial charge in [0.1, 0.15) is 7.85 Å². The van der Waals surface area contributed by atoms with Crippen molar-refractivity contribution in [3.8, 4) is 0 Å². The van der Waals surface area contributed by atoms with Crippen molar-refractivity contribution in [1.82, 2.24) is 4.90 Å². The van der Waals surface area contributed by atoms with Gasteiger partial charge in [0.25, 0.3) is 0 Å². The topological polar surface area (TPSA) is 29.5 Å². The molecule has 2 radical (unpaired) electrons. The van der Waals surface area contributed by atoms with Gasteiger partial charge in [0.05, 0.1) is 6.61 Å². The second kappa shape index (κ2) is 8.75. The van der Waals surface area contributed by atoms with Crippen molar-refractivity contribution in [2.24, 2.45) is 5.92 Å². The van der Waals surface area contributed by atoms with Crippen LogP contribution in [0.1, 0.15) is 24.8 Å². The van der Waals surface area contributed by atoms with Crippen LogP contribution < -0.4 is 5.46 Å². The first-order valence-electron chi connectivity index (χ1n) is 9.09. The van der Waals surface area contributed by atoms with E-state index in [9.17, 15) is 4.79 Å². The van der Waals surface area contributed by atoms with Crippen LogP contribution in [0.4, 0.5) is 4.79 Å². The largest absolute Gasteiger partial charge is 0.450 e. The first kappa shape index (κ1) is 19.1. The highest BCUT2D eigenvalue weighted by Crippen LogP contribution is 2.27. The van der Waals surface area contributed by atoms with E-state index < -0.39 is 8.07 Å². The van der Waals surface area contributed by atoms with Crippen molar-refractivity contribution in [2.75, 3.05) is 19.7 Å². The lowest BCUT2D eigenvalue weighted by molar-refractivity contribution is 0.0928. The Morgan fingerprint density at radius 1 is 1.33 bits per heavy atom. The SMILES string of the molecule is [B]c1cccc(CCN(CC2CCC2)C(=O)OCC[Si](C)(C)C)c1. The summed E-state index contributed by atoms with van der Waals surface area (Å²) in [4.78, 5) is 14.4. The molecule has 2 rings (SSSR count). The van der Waals surface area contributed by atoms with E-state index in [0.717, 1.165) is 24.5 Å². The Labute approximate surface area is 149 Å². The van der Waals surface area contributed by atoms with Crippen molar-refractivity contribution in [3.05, 3.63) is 29.8 Å². The van der Waals surface area contributed by atoms with E-state index in [1.165, 1.54) is 24.8 Å². The second-order valence-corrected chi connectivity index (χ2v) is 13.8. The van der Waals surface area contributed by atoms with E-state index in [2.05, 4.69) is 25.7 Å². The van der Waals surface area contributed by atoms with Gasteiger partial charge in [0, 0.05) is 21.2 Å². The van der Waals surface area contributed by atoms with Gasteiger partial charge in [-0.25, -0.2) is 4.79 Å². The molecule has 1 amide bonds. The average molecular weight is 343 g/mol. The molecule has 0 bridgehead atoms. The number of hydrogen-bond donors (Lipinski definition) is 0. The van der Waals surface area contributed by atoms with Crippen LogP contribution >= 0.6 is 0 Å². The maximum Gasteiger partial charge on any atom is 0.409 e. The van der Waals surface area contributed by atoms with Crippen molar-refractivity contribution < 1.29 is 9.53 Å². The Balaban J connectivity index is 1.87. The highest BCUT2D eigenvalue weighted by molar-refractivity contribution is 6.76. The Morgan fingerprint density at radius 2 is 2.08 bits per heavy atom. The van der Waals surface area contributed by atoms with E-state index in [1.807, 2.05) is 23.1 Å². The van der Waals surface area contributed by atoms with Crippen molar-refractivity contribution >= 4 is 27.5 Å². The molecule has 24 heavy (non-hydrogen) atoms. The lowest BCUT2D eigenvalue weighted by Crippen LogP contribution is -2.39.